The molecule has 0 amide bonds. The zero-order chi connectivity index (χ0) is 14.4. The first-order chi connectivity index (χ1) is 9.50. The number of fused-ring (bicyclic) bond motifs is 1. The Morgan fingerprint density at radius 1 is 1.15 bits per heavy atom. The minimum absolute atomic E-state index is 0.215. The molecule has 3 heterocycles. The highest BCUT2D eigenvalue weighted by Crippen LogP contribution is 2.30. The van der Waals surface area contributed by atoms with Gasteiger partial charge in [-0.3, -0.25) is 4.57 Å². The number of anilines is 1. The quantitative estimate of drug-likeness (QED) is 0.490. The lowest BCUT2D eigenvalue weighted by atomic mass is 9.99. The molecule has 1 aliphatic rings. The number of nitrogens with zero attached hydrogens (tertiary/aromatic N) is 4. The summed E-state index contributed by atoms with van der Waals surface area (Å²) in [5, 5.41) is 29.6. The van der Waals surface area contributed by atoms with Gasteiger partial charge in [0.1, 0.15) is 30.2 Å². The lowest BCUT2D eigenvalue weighted by Crippen LogP contribution is -2.54. The van der Waals surface area contributed by atoms with Gasteiger partial charge in [0.05, 0.1) is 12.4 Å². The number of hydrogen-bond acceptors (Lipinski definition) is 8. The maximum atomic E-state index is 10.1. The highest BCUT2D eigenvalue weighted by molar-refractivity contribution is 5.81. The zero-order valence-electron chi connectivity index (χ0n) is 10.7. The fourth-order valence-corrected chi connectivity index (χ4v) is 2.32. The molecule has 9 nitrogen and oxygen atoms in total. The predicted molar refractivity (Wildman–Crippen MR) is 67.3 cm³/mol. The van der Waals surface area contributed by atoms with Gasteiger partial charge >= 0.3 is 0 Å². The van der Waals surface area contributed by atoms with Crippen molar-refractivity contribution in [1.29, 1.82) is 0 Å². The molecule has 0 saturated carbocycles. The van der Waals surface area contributed by atoms with Crippen LogP contribution in [0.4, 0.5) is 5.82 Å². The molecule has 0 bridgehead atoms. The van der Waals surface area contributed by atoms with Crippen LogP contribution in [0.15, 0.2) is 12.7 Å². The first kappa shape index (κ1) is 13.2. The van der Waals surface area contributed by atoms with Crippen molar-refractivity contribution in [1.82, 2.24) is 19.5 Å². The number of imidazole rings is 1. The van der Waals surface area contributed by atoms with Crippen LogP contribution >= 0.6 is 0 Å². The van der Waals surface area contributed by atoms with Crippen LogP contribution in [0, 0.1) is 0 Å². The first-order valence-corrected chi connectivity index (χ1v) is 6.13. The molecule has 2 aromatic heterocycles. The van der Waals surface area contributed by atoms with Crippen LogP contribution in [0.25, 0.3) is 11.2 Å². The van der Waals surface area contributed by atoms with Gasteiger partial charge < -0.3 is 25.8 Å². The summed E-state index contributed by atoms with van der Waals surface area (Å²) in [5.74, 6) is 0.215. The van der Waals surface area contributed by atoms with Crippen molar-refractivity contribution in [2.45, 2.75) is 37.6 Å². The molecule has 1 aliphatic heterocycles. The van der Waals surface area contributed by atoms with Crippen molar-refractivity contribution < 1.29 is 20.1 Å². The molecular weight excluding hydrogens is 266 g/mol. The van der Waals surface area contributed by atoms with Crippen LogP contribution < -0.4 is 5.73 Å². The van der Waals surface area contributed by atoms with Gasteiger partial charge in [-0.2, -0.15) is 0 Å². The molecule has 1 fully saturated rings. The second-order valence-electron chi connectivity index (χ2n) is 4.79. The molecule has 108 valence electrons. The van der Waals surface area contributed by atoms with Crippen LogP contribution in [0.2, 0.25) is 0 Å². The highest BCUT2D eigenvalue weighted by atomic mass is 16.5. The molecular formula is C11H15N5O4. The van der Waals surface area contributed by atoms with E-state index in [0.717, 1.165) is 0 Å². The van der Waals surface area contributed by atoms with E-state index >= 15 is 0 Å². The van der Waals surface area contributed by atoms with Crippen molar-refractivity contribution in [2.75, 3.05) is 5.73 Å². The summed E-state index contributed by atoms with van der Waals surface area (Å²) in [7, 11) is 0. The van der Waals surface area contributed by atoms with Gasteiger partial charge in [0.25, 0.3) is 0 Å². The van der Waals surface area contributed by atoms with E-state index < -0.39 is 30.6 Å². The molecule has 0 radical (unpaired) electrons. The second kappa shape index (κ2) is 4.63. The monoisotopic (exact) mass is 281 g/mol. The SMILES string of the molecule is C[C@@H]1O[C@@H](n2cnc3c(N)ncnc32)[C@H](O)[C@H](O)[C@H]1O. The Labute approximate surface area is 113 Å². The highest BCUT2D eigenvalue weighted by Gasteiger charge is 2.43. The van der Waals surface area contributed by atoms with E-state index in [2.05, 4.69) is 15.0 Å². The van der Waals surface area contributed by atoms with Crippen LogP contribution in [0.3, 0.4) is 0 Å². The summed E-state index contributed by atoms with van der Waals surface area (Å²) < 4.78 is 7.00. The van der Waals surface area contributed by atoms with Crippen molar-refractivity contribution in [3.8, 4) is 0 Å². The van der Waals surface area contributed by atoms with E-state index in [1.54, 1.807) is 6.92 Å². The lowest BCUT2D eigenvalue weighted by molar-refractivity contribution is -0.239. The Morgan fingerprint density at radius 3 is 2.65 bits per heavy atom. The largest absolute Gasteiger partial charge is 0.388 e. The predicted octanol–water partition coefficient (Wildman–Crippen LogP) is -1.59. The average Bonchev–Trinajstić information content (AvgIpc) is 2.86. The maximum Gasteiger partial charge on any atom is 0.167 e. The van der Waals surface area contributed by atoms with Gasteiger partial charge in [0, 0.05) is 0 Å². The lowest BCUT2D eigenvalue weighted by Gasteiger charge is -2.39. The summed E-state index contributed by atoms with van der Waals surface area (Å²) >= 11 is 0. The third-order valence-electron chi connectivity index (χ3n) is 3.49. The van der Waals surface area contributed by atoms with E-state index in [-0.39, 0.29) is 5.82 Å². The fraction of sp³-hybridized carbons (Fsp3) is 0.545. The molecule has 5 atom stereocenters. The minimum atomic E-state index is -1.32. The molecule has 0 spiro atoms. The molecule has 0 aliphatic carbocycles. The Hall–Kier alpha value is -1.81. The number of hydrogen-bond donors (Lipinski definition) is 4. The maximum absolute atomic E-state index is 10.1. The normalized spacial score (nSPS) is 34.5. The number of aliphatic hydroxyl groups is 3. The van der Waals surface area contributed by atoms with Crippen molar-refractivity contribution in [3.63, 3.8) is 0 Å². The third-order valence-corrected chi connectivity index (χ3v) is 3.49. The Morgan fingerprint density at radius 2 is 1.90 bits per heavy atom. The van der Waals surface area contributed by atoms with Gasteiger partial charge in [-0.15, -0.1) is 0 Å². The summed E-state index contributed by atoms with van der Waals surface area (Å²) in [6.07, 6.45) is -2.66. The summed E-state index contributed by atoms with van der Waals surface area (Å²) in [6, 6.07) is 0. The molecule has 1 saturated heterocycles. The van der Waals surface area contributed by atoms with Crippen molar-refractivity contribution in [2.24, 2.45) is 0 Å². The smallest absolute Gasteiger partial charge is 0.167 e. The van der Waals surface area contributed by atoms with Crippen LogP contribution in [0.1, 0.15) is 13.2 Å². The van der Waals surface area contributed by atoms with E-state index in [9.17, 15) is 15.3 Å². The van der Waals surface area contributed by atoms with E-state index in [1.165, 1.54) is 17.2 Å². The zero-order valence-corrected chi connectivity index (χ0v) is 10.7. The molecule has 5 N–H and O–H groups in total. The summed E-state index contributed by atoms with van der Waals surface area (Å²) in [5.41, 5.74) is 6.46. The minimum Gasteiger partial charge on any atom is -0.388 e. The number of nitrogen functional groups attached to an aromatic ring is 1. The Balaban J connectivity index is 2.04. The van der Waals surface area contributed by atoms with E-state index in [0.29, 0.717) is 11.2 Å². The summed E-state index contributed by atoms with van der Waals surface area (Å²) in [6.45, 7) is 1.61. The number of aliphatic hydroxyl groups excluding tert-OH is 3. The van der Waals surface area contributed by atoms with E-state index in [4.69, 9.17) is 10.5 Å². The number of ether oxygens (including phenoxy) is 1. The summed E-state index contributed by atoms with van der Waals surface area (Å²) in [4.78, 5) is 12.0. The molecule has 9 heteroatoms. The van der Waals surface area contributed by atoms with Gasteiger partial charge in [0.2, 0.25) is 0 Å². The number of rotatable bonds is 1. The van der Waals surface area contributed by atoms with Crippen molar-refractivity contribution >= 4 is 17.0 Å². The third kappa shape index (κ3) is 1.83. The average molecular weight is 281 g/mol. The standard InChI is InChI=1S/C11H15N5O4/c1-4-6(17)7(18)8(19)11(20-4)16-3-15-5-9(12)13-2-14-10(5)16/h2-4,6-8,11,17-19H,1H3,(H2,12,13,14)/t4-,6-,7+,8+,11+/m0/s1. The molecule has 2 aromatic rings. The van der Waals surface area contributed by atoms with Gasteiger partial charge in [-0.1, -0.05) is 0 Å². The van der Waals surface area contributed by atoms with Gasteiger partial charge in [-0.25, -0.2) is 15.0 Å². The van der Waals surface area contributed by atoms with Crippen LogP contribution in [-0.4, -0.2) is 59.3 Å². The fourth-order valence-electron chi connectivity index (χ4n) is 2.32. The van der Waals surface area contributed by atoms with Crippen LogP contribution in [0.5, 0.6) is 0 Å². The molecule has 20 heavy (non-hydrogen) atoms. The second-order valence-corrected chi connectivity index (χ2v) is 4.79. The van der Waals surface area contributed by atoms with Gasteiger partial charge in [0.15, 0.2) is 17.7 Å². The Kier molecular flexibility index (Phi) is 3.05. The molecule has 0 unspecified atom stereocenters. The van der Waals surface area contributed by atoms with E-state index in [1.807, 2.05) is 0 Å². The number of nitrogens with two attached hydrogens (primary N) is 1. The van der Waals surface area contributed by atoms with Crippen molar-refractivity contribution in [3.05, 3.63) is 12.7 Å². The molecule has 0 aromatic carbocycles. The van der Waals surface area contributed by atoms with Gasteiger partial charge in [-0.05, 0) is 6.92 Å². The first-order valence-electron chi connectivity index (χ1n) is 6.13. The topological polar surface area (TPSA) is 140 Å². The molecule has 3 rings (SSSR count). The number of aromatic nitrogens is 4. The Bertz CT molecular complexity index is 632. The van der Waals surface area contributed by atoms with Crippen LogP contribution in [-0.2, 0) is 4.74 Å².